The van der Waals surface area contributed by atoms with Gasteiger partial charge in [0, 0.05) is 44.1 Å². The molecule has 0 saturated carbocycles. The number of aromatic nitrogens is 2. The summed E-state index contributed by atoms with van der Waals surface area (Å²) in [6.45, 7) is 7.00. The molecule has 20 heavy (non-hydrogen) atoms. The number of anilines is 1. The van der Waals surface area contributed by atoms with Crippen molar-refractivity contribution >= 4 is 35.0 Å². The van der Waals surface area contributed by atoms with E-state index in [2.05, 4.69) is 21.2 Å². The molecule has 1 unspecified atom stereocenters. The van der Waals surface area contributed by atoms with E-state index in [-0.39, 0.29) is 18.3 Å². The summed E-state index contributed by atoms with van der Waals surface area (Å²) in [5.41, 5.74) is 5.66. The zero-order chi connectivity index (χ0) is 13.8. The van der Waals surface area contributed by atoms with Gasteiger partial charge in [-0.1, -0.05) is 6.92 Å². The molecular weight excluding hydrogens is 298 g/mol. The molecule has 0 aromatic carbocycles. The van der Waals surface area contributed by atoms with Crippen molar-refractivity contribution in [3.05, 3.63) is 5.82 Å². The van der Waals surface area contributed by atoms with E-state index in [1.54, 1.807) is 6.92 Å². The average molecular weight is 320 g/mol. The third-order valence-corrected chi connectivity index (χ3v) is 4.06. The standard InChI is InChI=1S/C12H21N5OS.ClH/c1-3-10-14-12(19-15-10)17-6-4-5-16(7-8-17)11(18)9(2)13;/h9H,3-8,13H2,1-2H3;1H. The van der Waals surface area contributed by atoms with E-state index in [0.717, 1.165) is 43.4 Å². The first kappa shape index (κ1) is 17.1. The second-order valence-corrected chi connectivity index (χ2v) is 5.53. The lowest BCUT2D eigenvalue weighted by atomic mass is 10.3. The molecule has 6 nitrogen and oxygen atoms in total. The Morgan fingerprint density at radius 1 is 1.40 bits per heavy atom. The predicted octanol–water partition coefficient (Wildman–Crippen LogP) is 0.908. The van der Waals surface area contributed by atoms with Crippen LogP contribution < -0.4 is 10.6 Å². The van der Waals surface area contributed by atoms with E-state index in [1.807, 2.05) is 4.90 Å². The Balaban J connectivity index is 0.00000200. The van der Waals surface area contributed by atoms with Crippen LogP contribution in [0.4, 0.5) is 5.13 Å². The fourth-order valence-electron chi connectivity index (χ4n) is 2.13. The fraction of sp³-hybridized carbons (Fsp3) is 0.750. The number of hydrogen-bond donors (Lipinski definition) is 1. The van der Waals surface area contributed by atoms with E-state index < -0.39 is 6.04 Å². The molecule has 0 radical (unpaired) electrons. The minimum atomic E-state index is -0.417. The number of hydrogen-bond acceptors (Lipinski definition) is 6. The van der Waals surface area contributed by atoms with E-state index >= 15 is 0 Å². The van der Waals surface area contributed by atoms with Crippen LogP contribution in [-0.4, -0.2) is 52.4 Å². The zero-order valence-electron chi connectivity index (χ0n) is 11.9. The summed E-state index contributed by atoms with van der Waals surface area (Å²) in [6.07, 6.45) is 1.80. The third-order valence-electron chi connectivity index (χ3n) is 3.24. The summed E-state index contributed by atoms with van der Waals surface area (Å²) in [5, 5.41) is 0.965. The Kier molecular flexibility index (Phi) is 6.64. The van der Waals surface area contributed by atoms with Gasteiger partial charge in [-0.05, 0) is 13.3 Å². The van der Waals surface area contributed by atoms with E-state index in [1.165, 1.54) is 11.5 Å². The van der Waals surface area contributed by atoms with Gasteiger partial charge in [0.1, 0.15) is 5.82 Å². The summed E-state index contributed by atoms with van der Waals surface area (Å²) >= 11 is 1.44. The van der Waals surface area contributed by atoms with Gasteiger partial charge in [0.25, 0.3) is 0 Å². The SMILES string of the molecule is CCc1nsc(N2CCCN(C(=O)C(C)N)CC2)n1.Cl. The highest BCUT2D eigenvalue weighted by molar-refractivity contribution is 7.09. The van der Waals surface area contributed by atoms with Crippen LogP contribution in [0.15, 0.2) is 0 Å². The van der Waals surface area contributed by atoms with Crippen LogP contribution in [0.5, 0.6) is 0 Å². The monoisotopic (exact) mass is 319 g/mol. The van der Waals surface area contributed by atoms with Gasteiger partial charge < -0.3 is 15.5 Å². The summed E-state index contributed by atoms with van der Waals surface area (Å²) < 4.78 is 4.31. The predicted molar refractivity (Wildman–Crippen MR) is 83.6 cm³/mol. The van der Waals surface area contributed by atoms with Crippen molar-refractivity contribution in [2.24, 2.45) is 5.73 Å². The van der Waals surface area contributed by atoms with Crippen LogP contribution >= 0.6 is 23.9 Å². The second kappa shape index (κ2) is 7.75. The highest BCUT2D eigenvalue weighted by Gasteiger charge is 2.22. The maximum absolute atomic E-state index is 11.9. The van der Waals surface area contributed by atoms with Gasteiger partial charge in [-0.3, -0.25) is 4.79 Å². The maximum atomic E-state index is 11.9. The molecule has 1 amide bonds. The summed E-state index contributed by atoms with van der Waals surface area (Å²) in [5.74, 6) is 0.932. The Bertz CT molecular complexity index is 439. The largest absolute Gasteiger partial charge is 0.345 e. The molecule has 2 heterocycles. The van der Waals surface area contributed by atoms with Gasteiger partial charge in [0.15, 0.2) is 0 Å². The van der Waals surface area contributed by atoms with Crippen molar-refractivity contribution in [1.82, 2.24) is 14.3 Å². The van der Waals surface area contributed by atoms with Gasteiger partial charge in [-0.15, -0.1) is 12.4 Å². The molecule has 2 N–H and O–H groups in total. The summed E-state index contributed by atoms with van der Waals surface area (Å²) in [6, 6.07) is -0.417. The van der Waals surface area contributed by atoms with Gasteiger partial charge in [0.2, 0.25) is 11.0 Å². The molecule has 1 aromatic heterocycles. The number of nitrogens with two attached hydrogens (primary N) is 1. The summed E-state index contributed by atoms with van der Waals surface area (Å²) in [7, 11) is 0. The van der Waals surface area contributed by atoms with Crippen molar-refractivity contribution in [1.29, 1.82) is 0 Å². The van der Waals surface area contributed by atoms with Crippen LogP contribution in [-0.2, 0) is 11.2 Å². The third kappa shape index (κ3) is 4.04. The molecule has 8 heteroatoms. The number of aryl methyl sites for hydroxylation is 1. The van der Waals surface area contributed by atoms with E-state index in [4.69, 9.17) is 5.73 Å². The quantitative estimate of drug-likeness (QED) is 0.896. The number of amides is 1. The summed E-state index contributed by atoms with van der Waals surface area (Å²) in [4.78, 5) is 20.5. The molecule has 0 bridgehead atoms. The Labute approximate surface area is 129 Å². The molecule has 0 aliphatic carbocycles. The normalized spacial score (nSPS) is 17.4. The molecule has 1 fully saturated rings. The van der Waals surface area contributed by atoms with E-state index in [0.29, 0.717) is 6.54 Å². The number of carbonyl (C=O) groups excluding carboxylic acids is 1. The van der Waals surface area contributed by atoms with E-state index in [9.17, 15) is 4.79 Å². The average Bonchev–Trinajstić information content (AvgIpc) is 2.75. The molecule has 2 rings (SSSR count). The molecule has 1 saturated heterocycles. The van der Waals surface area contributed by atoms with Crippen LogP contribution in [0.3, 0.4) is 0 Å². The number of carbonyl (C=O) groups is 1. The Hall–Kier alpha value is -0.920. The lowest BCUT2D eigenvalue weighted by Gasteiger charge is -2.22. The Morgan fingerprint density at radius 3 is 2.75 bits per heavy atom. The van der Waals surface area contributed by atoms with Crippen LogP contribution in [0.25, 0.3) is 0 Å². The smallest absolute Gasteiger partial charge is 0.239 e. The van der Waals surface area contributed by atoms with Gasteiger partial charge in [-0.2, -0.15) is 4.37 Å². The molecule has 1 aliphatic heterocycles. The van der Waals surface area contributed by atoms with Crippen LogP contribution in [0.1, 0.15) is 26.1 Å². The van der Waals surface area contributed by atoms with Gasteiger partial charge in [-0.25, -0.2) is 4.98 Å². The lowest BCUT2D eigenvalue weighted by molar-refractivity contribution is -0.131. The molecule has 0 spiro atoms. The van der Waals surface area contributed by atoms with Crippen LogP contribution in [0, 0.1) is 0 Å². The first-order valence-corrected chi connectivity index (χ1v) is 7.51. The van der Waals surface area contributed by atoms with Crippen molar-refractivity contribution in [3.8, 4) is 0 Å². The first-order valence-electron chi connectivity index (χ1n) is 6.73. The zero-order valence-corrected chi connectivity index (χ0v) is 13.5. The first-order chi connectivity index (χ1) is 9.11. The Morgan fingerprint density at radius 2 is 2.15 bits per heavy atom. The van der Waals surface area contributed by atoms with Crippen molar-refractivity contribution in [2.45, 2.75) is 32.7 Å². The second-order valence-electron chi connectivity index (χ2n) is 4.80. The van der Waals surface area contributed by atoms with Gasteiger partial charge in [0.05, 0.1) is 6.04 Å². The highest BCUT2D eigenvalue weighted by Crippen LogP contribution is 2.19. The van der Waals surface area contributed by atoms with Crippen molar-refractivity contribution < 1.29 is 4.79 Å². The minimum Gasteiger partial charge on any atom is -0.345 e. The van der Waals surface area contributed by atoms with Crippen LogP contribution in [0.2, 0.25) is 0 Å². The number of rotatable bonds is 3. The lowest BCUT2D eigenvalue weighted by Crippen LogP contribution is -2.43. The van der Waals surface area contributed by atoms with Gasteiger partial charge >= 0.3 is 0 Å². The fourth-order valence-corrected chi connectivity index (χ4v) is 2.94. The highest BCUT2D eigenvalue weighted by atomic mass is 35.5. The number of halogens is 1. The molecule has 1 aromatic rings. The molecule has 1 aliphatic rings. The van der Waals surface area contributed by atoms with Crippen molar-refractivity contribution in [3.63, 3.8) is 0 Å². The number of nitrogens with zero attached hydrogens (tertiary/aromatic N) is 4. The molecule has 114 valence electrons. The topological polar surface area (TPSA) is 75.4 Å². The van der Waals surface area contributed by atoms with Crippen molar-refractivity contribution in [2.75, 3.05) is 31.1 Å². The minimum absolute atomic E-state index is 0. The molecular formula is C12H22ClN5OS. The maximum Gasteiger partial charge on any atom is 0.239 e. The molecule has 1 atom stereocenters.